The summed E-state index contributed by atoms with van der Waals surface area (Å²) in [6.07, 6.45) is 1.35. The maximum Gasteiger partial charge on any atom is 0.306 e. The summed E-state index contributed by atoms with van der Waals surface area (Å²) in [7, 11) is 1.65. The first-order valence-electron chi connectivity index (χ1n) is 9.87. The number of ether oxygens (including phenoxy) is 2. The van der Waals surface area contributed by atoms with E-state index in [-0.39, 0.29) is 12.0 Å². The Morgan fingerprint density at radius 2 is 1.86 bits per heavy atom. The largest absolute Gasteiger partial charge is 0.493 e. The lowest BCUT2D eigenvalue weighted by molar-refractivity contribution is -0.143. The normalized spacial score (nSPS) is 16.5. The van der Waals surface area contributed by atoms with Gasteiger partial charge in [0.25, 0.3) is 0 Å². The van der Waals surface area contributed by atoms with E-state index in [1.54, 1.807) is 7.11 Å². The molecule has 0 radical (unpaired) electrons. The van der Waals surface area contributed by atoms with Crippen LogP contribution in [0.1, 0.15) is 42.5 Å². The summed E-state index contributed by atoms with van der Waals surface area (Å²) in [5.74, 6) is 0.526. The van der Waals surface area contributed by atoms with Crippen LogP contribution in [0.25, 0.3) is 0 Å². The molecule has 1 saturated heterocycles. The molecule has 0 aromatic heterocycles. The molecule has 1 atom stereocenters. The van der Waals surface area contributed by atoms with E-state index in [1.165, 1.54) is 11.1 Å². The Balaban J connectivity index is 1.98. The van der Waals surface area contributed by atoms with Crippen molar-refractivity contribution in [3.05, 3.63) is 59.2 Å². The average molecular weight is 383 g/mol. The molecule has 2 aromatic carbocycles. The fraction of sp³-hybridized carbons (Fsp3) is 0.435. The molecular weight excluding hydrogens is 354 g/mol. The molecule has 0 amide bonds. The summed E-state index contributed by atoms with van der Waals surface area (Å²) in [6, 6.07) is 14.7. The van der Waals surface area contributed by atoms with Gasteiger partial charge < -0.3 is 14.6 Å². The van der Waals surface area contributed by atoms with E-state index in [1.807, 2.05) is 13.0 Å². The second-order valence-corrected chi connectivity index (χ2v) is 7.31. The van der Waals surface area contributed by atoms with Crippen LogP contribution in [0, 0.1) is 12.8 Å². The van der Waals surface area contributed by atoms with Gasteiger partial charge in [-0.25, -0.2) is 0 Å². The molecule has 3 rings (SSSR count). The number of nitrogens with zero attached hydrogens (tertiary/aromatic N) is 1. The molecule has 150 valence electrons. The van der Waals surface area contributed by atoms with Crippen LogP contribution in [-0.2, 0) is 4.79 Å². The van der Waals surface area contributed by atoms with Crippen LogP contribution < -0.4 is 9.47 Å². The highest BCUT2D eigenvalue weighted by atomic mass is 16.5. The van der Waals surface area contributed by atoms with Gasteiger partial charge in [-0.2, -0.15) is 0 Å². The quantitative estimate of drug-likeness (QED) is 0.773. The monoisotopic (exact) mass is 383 g/mol. The smallest absolute Gasteiger partial charge is 0.306 e. The number of benzene rings is 2. The number of hydrogen-bond donors (Lipinski definition) is 1. The van der Waals surface area contributed by atoms with Gasteiger partial charge in [0.1, 0.15) is 0 Å². The zero-order valence-corrected chi connectivity index (χ0v) is 16.9. The molecule has 0 spiro atoms. The minimum Gasteiger partial charge on any atom is -0.493 e. The highest BCUT2D eigenvalue weighted by molar-refractivity contribution is 5.70. The highest BCUT2D eigenvalue weighted by Gasteiger charge is 2.30. The number of methoxy groups -OCH3 is 1. The van der Waals surface area contributed by atoms with Crippen molar-refractivity contribution in [2.24, 2.45) is 5.92 Å². The van der Waals surface area contributed by atoms with Gasteiger partial charge in [0, 0.05) is 0 Å². The predicted molar refractivity (Wildman–Crippen MR) is 109 cm³/mol. The number of rotatable bonds is 7. The maximum absolute atomic E-state index is 11.4. The van der Waals surface area contributed by atoms with Gasteiger partial charge in [-0.05, 0) is 63.0 Å². The zero-order chi connectivity index (χ0) is 20.1. The van der Waals surface area contributed by atoms with E-state index in [9.17, 15) is 9.90 Å². The fourth-order valence-corrected chi connectivity index (χ4v) is 3.99. The molecular formula is C23H29NO4. The minimum absolute atomic E-state index is 0.0553. The van der Waals surface area contributed by atoms with Crippen molar-refractivity contribution < 1.29 is 19.4 Å². The Kier molecular flexibility index (Phi) is 6.57. The lowest BCUT2D eigenvalue weighted by atomic mass is 9.90. The van der Waals surface area contributed by atoms with Crippen molar-refractivity contribution in [3.63, 3.8) is 0 Å². The zero-order valence-electron chi connectivity index (χ0n) is 16.9. The molecule has 0 saturated carbocycles. The standard InChI is InChI=1S/C23H29NO4/c1-4-28-21-15-19(8-9-20(21)27-3)22(18-7-5-6-16(2)14-18)24-12-10-17(11-13-24)23(25)26/h5-9,14-15,17,22H,4,10-13H2,1-3H3,(H,25,26). The Morgan fingerprint density at radius 3 is 2.46 bits per heavy atom. The Bertz CT molecular complexity index is 812. The summed E-state index contributed by atoms with van der Waals surface area (Å²) in [5.41, 5.74) is 3.55. The highest BCUT2D eigenvalue weighted by Crippen LogP contribution is 2.37. The topological polar surface area (TPSA) is 59.0 Å². The summed E-state index contributed by atoms with van der Waals surface area (Å²) < 4.78 is 11.2. The van der Waals surface area contributed by atoms with Crippen molar-refractivity contribution in [2.45, 2.75) is 32.7 Å². The fourth-order valence-electron chi connectivity index (χ4n) is 3.99. The lowest BCUT2D eigenvalue weighted by Crippen LogP contribution is -2.39. The molecule has 1 aliphatic rings. The molecule has 1 fully saturated rings. The van der Waals surface area contributed by atoms with Crippen LogP contribution in [0.15, 0.2) is 42.5 Å². The van der Waals surface area contributed by atoms with Crippen LogP contribution in [-0.4, -0.2) is 42.8 Å². The number of likely N-dealkylation sites (tertiary alicyclic amines) is 1. The van der Waals surface area contributed by atoms with Crippen molar-refractivity contribution in [3.8, 4) is 11.5 Å². The molecule has 28 heavy (non-hydrogen) atoms. The van der Waals surface area contributed by atoms with Crippen LogP contribution in [0.3, 0.4) is 0 Å². The molecule has 0 aliphatic carbocycles. The maximum atomic E-state index is 11.4. The predicted octanol–water partition coefficient (Wildman–Crippen LogP) is 4.29. The van der Waals surface area contributed by atoms with E-state index in [0.717, 1.165) is 30.2 Å². The second kappa shape index (κ2) is 9.11. The van der Waals surface area contributed by atoms with Crippen molar-refractivity contribution >= 4 is 5.97 Å². The van der Waals surface area contributed by atoms with Gasteiger partial charge >= 0.3 is 5.97 Å². The molecule has 1 aliphatic heterocycles. The third-order valence-corrected chi connectivity index (χ3v) is 5.41. The summed E-state index contributed by atoms with van der Waals surface area (Å²) in [5, 5.41) is 9.34. The van der Waals surface area contributed by atoms with E-state index in [0.29, 0.717) is 19.4 Å². The Labute approximate surface area is 166 Å². The van der Waals surface area contributed by atoms with Crippen molar-refractivity contribution in [2.75, 3.05) is 26.8 Å². The molecule has 5 heteroatoms. The Hall–Kier alpha value is -2.53. The van der Waals surface area contributed by atoms with Gasteiger partial charge in [0.05, 0.1) is 25.7 Å². The SMILES string of the molecule is CCOc1cc(C(c2cccc(C)c2)N2CCC(C(=O)O)CC2)ccc1OC. The molecule has 1 N–H and O–H groups in total. The van der Waals surface area contributed by atoms with Crippen LogP contribution in [0.4, 0.5) is 0 Å². The van der Waals surface area contributed by atoms with Gasteiger partial charge in [-0.15, -0.1) is 0 Å². The third-order valence-electron chi connectivity index (χ3n) is 5.41. The second-order valence-electron chi connectivity index (χ2n) is 7.31. The van der Waals surface area contributed by atoms with Gasteiger partial charge in [0.15, 0.2) is 11.5 Å². The average Bonchev–Trinajstić information content (AvgIpc) is 2.69. The van der Waals surface area contributed by atoms with Gasteiger partial charge in [0.2, 0.25) is 0 Å². The van der Waals surface area contributed by atoms with Crippen molar-refractivity contribution in [1.29, 1.82) is 0 Å². The number of piperidine rings is 1. The first-order valence-corrected chi connectivity index (χ1v) is 9.87. The molecule has 1 heterocycles. The van der Waals surface area contributed by atoms with E-state index in [4.69, 9.17) is 9.47 Å². The van der Waals surface area contributed by atoms with Crippen molar-refractivity contribution in [1.82, 2.24) is 4.90 Å². The van der Waals surface area contributed by atoms with E-state index < -0.39 is 5.97 Å². The number of hydrogen-bond acceptors (Lipinski definition) is 4. The molecule has 0 bridgehead atoms. The summed E-state index contributed by atoms with van der Waals surface area (Å²) in [4.78, 5) is 13.7. The third kappa shape index (κ3) is 4.47. The van der Waals surface area contributed by atoms with Gasteiger partial charge in [-0.3, -0.25) is 9.69 Å². The summed E-state index contributed by atoms with van der Waals surface area (Å²) >= 11 is 0. The van der Waals surface area contributed by atoms with Crippen LogP contribution >= 0.6 is 0 Å². The Morgan fingerprint density at radius 1 is 1.14 bits per heavy atom. The summed E-state index contributed by atoms with van der Waals surface area (Å²) in [6.45, 7) is 6.13. The molecule has 1 unspecified atom stereocenters. The lowest BCUT2D eigenvalue weighted by Gasteiger charge is -2.37. The first-order chi connectivity index (χ1) is 13.5. The van der Waals surface area contributed by atoms with E-state index >= 15 is 0 Å². The van der Waals surface area contributed by atoms with Crippen LogP contribution in [0.5, 0.6) is 11.5 Å². The number of carboxylic acids is 1. The molecule has 5 nitrogen and oxygen atoms in total. The van der Waals surface area contributed by atoms with Gasteiger partial charge in [-0.1, -0.05) is 35.9 Å². The van der Waals surface area contributed by atoms with Crippen LogP contribution in [0.2, 0.25) is 0 Å². The number of aliphatic carboxylic acids is 1. The molecule has 2 aromatic rings. The number of aryl methyl sites for hydroxylation is 1. The van der Waals surface area contributed by atoms with E-state index in [2.05, 4.69) is 48.2 Å². The number of carboxylic acid groups (broad SMARTS) is 1. The minimum atomic E-state index is -0.685. The number of carbonyl (C=O) groups is 1. The first kappa shape index (κ1) is 20.2.